The molecule has 15 heteroatoms. The van der Waals surface area contributed by atoms with E-state index in [0.717, 1.165) is 5.56 Å². The van der Waals surface area contributed by atoms with Crippen molar-refractivity contribution < 1.29 is 28.2 Å². The van der Waals surface area contributed by atoms with E-state index in [9.17, 15) is 28.8 Å². The summed E-state index contributed by atoms with van der Waals surface area (Å²) in [7, 11) is -4.22. The second-order valence-electron chi connectivity index (χ2n) is 11.0. The molecule has 2 fully saturated rings. The minimum Gasteiger partial charge on any atom is -0.376 e. The van der Waals surface area contributed by atoms with Gasteiger partial charge < -0.3 is 23.6 Å². The number of aliphatic hydroxyl groups is 1. The molecule has 0 saturated carbocycles. The molecule has 2 saturated heterocycles. The van der Waals surface area contributed by atoms with E-state index >= 15 is 0 Å². The molecular weight excluding hydrogens is 583 g/mol. The van der Waals surface area contributed by atoms with Crippen LogP contribution >= 0.6 is 7.60 Å². The number of H-pyrrole nitrogens is 2. The van der Waals surface area contributed by atoms with Crippen molar-refractivity contribution in [2.45, 2.75) is 77.0 Å². The van der Waals surface area contributed by atoms with Crippen LogP contribution in [-0.2, 0) is 23.1 Å². The number of nitrogens with zero attached hydrogens (tertiary/aromatic N) is 2. The third kappa shape index (κ3) is 6.90. The van der Waals surface area contributed by atoms with Gasteiger partial charge in [-0.2, -0.15) is 0 Å². The Morgan fingerprint density at radius 3 is 1.70 bits per heavy atom. The zero-order valence-electron chi connectivity index (χ0n) is 24.1. The van der Waals surface area contributed by atoms with E-state index in [2.05, 4.69) is 9.97 Å². The van der Waals surface area contributed by atoms with Gasteiger partial charge in [0.1, 0.15) is 12.5 Å². The second kappa shape index (κ2) is 12.7. The van der Waals surface area contributed by atoms with E-state index < -0.39 is 60.6 Å². The summed E-state index contributed by atoms with van der Waals surface area (Å²) in [5.41, 5.74) is -0.126. The summed E-state index contributed by atoms with van der Waals surface area (Å²) in [6, 6.07) is 6.82. The van der Waals surface area contributed by atoms with Crippen molar-refractivity contribution >= 4 is 7.60 Å². The molecule has 0 spiro atoms. The van der Waals surface area contributed by atoms with Gasteiger partial charge in [0.25, 0.3) is 11.1 Å². The lowest BCUT2D eigenvalue weighted by Crippen LogP contribution is -2.33. The maximum absolute atomic E-state index is 14.1. The van der Waals surface area contributed by atoms with Crippen LogP contribution in [0.1, 0.15) is 66.2 Å². The van der Waals surface area contributed by atoms with Crippen LogP contribution in [0.5, 0.6) is 0 Å². The van der Waals surface area contributed by atoms with E-state index in [-0.39, 0.29) is 13.2 Å². The Bertz CT molecular complexity index is 1640. The third-order valence-corrected chi connectivity index (χ3v) is 9.55. The quantitative estimate of drug-likeness (QED) is 0.285. The van der Waals surface area contributed by atoms with E-state index in [4.69, 9.17) is 18.5 Å². The summed E-state index contributed by atoms with van der Waals surface area (Å²) >= 11 is 0. The number of aromatic nitrogens is 4. The Morgan fingerprint density at radius 2 is 1.26 bits per heavy atom. The molecular formula is C28H35N4O10P. The van der Waals surface area contributed by atoms with E-state index in [1.807, 2.05) is 6.92 Å². The molecule has 14 nitrogen and oxygen atoms in total. The number of nitrogens with one attached hydrogen (secondary N) is 2. The fourth-order valence-electron chi connectivity index (χ4n) is 5.10. The number of hydrogen-bond donors (Lipinski definition) is 3. The maximum atomic E-state index is 14.1. The van der Waals surface area contributed by atoms with Gasteiger partial charge in [-0.3, -0.25) is 33.3 Å². The number of aryl methyl sites for hydroxylation is 3. The van der Waals surface area contributed by atoms with E-state index in [1.54, 1.807) is 38.1 Å². The first-order valence-electron chi connectivity index (χ1n) is 14.0. The molecule has 0 radical (unpaired) electrons. The number of aromatic amines is 2. The van der Waals surface area contributed by atoms with Gasteiger partial charge >= 0.3 is 19.0 Å². The number of rotatable bonds is 10. The summed E-state index contributed by atoms with van der Waals surface area (Å²) < 4.78 is 40.2. The van der Waals surface area contributed by atoms with Crippen molar-refractivity contribution in [3.63, 3.8) is 0 Å². The summed E-state index contributed by atoms with van der Waals surface area (Å²) in [5.74, 6) is -1.60. The molecule has 1 unspecified atom stereocenters. The van der Waals surface area contributed by atoms with Crippen molar-refractivity contribution in [2.75, 3.05) is 13.2 Å². The lowest BCUT2D eigenvalue weighted by atomic mass is 10.2. The predicted octanol–water partition coefficient (Wildman–Crippen LogP) is 2.28. The molecule has 2 aliphatic heterocycles. The SMILES string of the molecule is Cc1ccc(C(O)P(=O)(OC[C@@H]2CC[C@H](n3cc(C)c(=O)[nH]c3=O)O2)OC[C@@H]2CC[C@H](n3cc(C)c(=O)[nH]c3=O)O2)cc1. The Kier molecular flexibility index (Phi) is 9.16. The molecule has 232 valence electrons. The highest BCUT2D eigenvalue weighted by Gasteiger charge is 2.40. The molecule has 5 atom stereocenters. The molecule has 43 heavy (non-hydrogen) atoms. The molecule has 3 aromatic rings. The lowest BCUT2D eigenvalue weighted by molar-refractivity contribution is -0.0351. The number of aliphatic hydroxyl groups excluding tert-OH is 1. The highest BCUT2D eigenvalue weighted by molar-refractivity contribution is 7.54. The minimum absolute atomic E-state index is 0.187. The Morgan fingerprint density at radius 1 is 0.814 bits per heavy atom. The van der Waals surface area contributed by atoms with Crippen molar-refractivity contribution in [1.29, 1.82) is 0 Å². The summed E-state index contributed by atoms with van der Waals surface area (Å²) in [5, 5.41) is 11.2. The average molecular weight is 619 g/mol. The topological polar surface area (TPSA) is 184 Å². The summed E-state index contributed by atoms with van der Waals surface area (Å²) in [6.07, 6.45) is 2.28. The number of benzene rings is 1. The van der Waals surface area contributed by atoms with Crippen LogP contribution in [0.2, 0.25) is 0 Å². The van der Waals surface area contributed by atoms with Gasteiger partial charge in [0, 0.05) is 23.5 Å². The van der Waals surface area contributed by atoms with Crippen molar-refractivity contribution in [3.05, 3.63) is 101 Å². The van der Waals surface area contributed by atoms with Crippen LogP contribution in [0, 0.1) is 20.8 Å². The van der Waals surface area contributed by atoms with Gasteiger partial charge in [0.2, 0.25) is 0 Å². The monoisotopic (exact) mass is 618 g/mol. The van der Waals surface area contributed by atoms with Gasteiger partial charge in [-0.05, 0) is 52.0 Å². The van der Waals surface area contributed by atoms with E-state index in [1.165, 1.54) is 21.5 Å². The second-order valence-corrected chi connectivity index (χ2v) is 13.0. The smallest absolute Gasteiger partial charge is 0.363 e. The van der Waals surface area contributed by atoms with Crippen LogP contribution in [0.25, 0.3) is 0 Å². The summed E-state index contributed by atoms with van der Waals surface area (Å²) in [6.45, 7) is 4.68. The van der Waals surface area contributed by atoms with Crippen LogP contribution in [0.4, 0.5) is 0 Å². The Hall–Kier alpha value is -3.39. The molecule has 0 amide bonds. The molecule has 1 aromatic carbocycles. The first-order chi connectivity index (χ1) is 20.4. The molecule has 0 bridgehead atoms. The average Bonchev–Trinajstić information content (AvgIpc) is 3.65. The molecule has 3 N–H and O–H groups in total. The molecule has 0 aliphatic carbocycles. The molecule has 4 heterocycles. The van der Waals surface area contributed by atoms with Crippen molar-refractivity contribution in [1.82, 2.24) is 19.1 Å². The fourth-order valence-corrected chi connectivity index (χ4v) is 6.74. The van der Waals surface area contributed by atoms with Gasteiger partial charge in [0.05, 0.1) is 25.4 Å². The number of hydrogen-bond acceptors (Lipinski definition) is 10. The van der Waals surface area contributed by atoms with Gasteiger partial charge in [-0.15, -0.1) is 0 Å². The molecule has 5 rings (SSSR count). The maximum Gasteiger partial charge on any atom is 0.363 e. The Balaban J connectivity index is 1.27. The molecule has 2 aromatic heterocycles. The van der Waals surface area contributed by atoms with Crippen molar-refractivity contribution in [3.8, 4) is 0 Å². The standard InChI is InChI=1S/C28H35N4O10P/c1-16-4-6-19(7-5-16)26(35)43(38,39-14-20-8-10-22(41-20)31-12-17(2)24(33)29-27(31)36)40-15-21-9-11-23(42-21)32-13-18(3)25(34)30-28(32)37/h4-7,12-13,20-23,26,35H,8-11,14-15H2,1-3H3,(H,29,33,36)(H,30,34,37)/t20-,21-,22+,23+,26?/m0/s1. The normalized spacial score (nSPS) is 23.1. The van der Waals surface area contributed by atoms with Crippen LogP contribution in [0.15, 0.2) is 55.8 Å². The fraction of sp³-hybridized carbons (Fsp3) is 0.500. The van der Waals surface area contributed by atoms with E-state index in [0.29, 0.717) is 42.4 Å². The predicted molar refractivity (Wildman–Crippen MR) is 154 cm³/mol. The van der Waals surface area contributed by atoms with Crippen molar-refractivity contribution in [2.24, 2.45) is 0 Å². The molecule has 2 aliphatic rings. The zero-order chi connectivity index (χ0) is 30.9. The minimum atomic E-state index is -4.22. The van der Waals surface area contributed by atoms with Gasteiger partial charge in [-0.25, -0.2) is 9.59 Å². The first kappa shape index (κ1) is 31.0. The summed E-state index contributed by atoms with van der Waals surface area (Å²) in [4.78, 5) is 52.6. The first-order valence-corrected chi connectivity index (χ1v) is 15.6. The largest absolute Gasteiger partial charge is 0.376 e. The van der Waals surface area contributed by atoms with Crippen LogP contribution in [0.3, 0.4) is 0 Å². The number of ether oxygens (including phenoxy) is 2. The highest BCUT2D eigenvalue weighted by atomic mass is 31.2. The Labute approximate surface area is 245 Å². The highest BCUT2D eigenvalue weighted by Crippen LogP contribution is 2.60. The van der Waals surface area contributed by atoms with Crippen LogP contribution < -0.4 is 22.5 Å². The zero-order valence-corrected chi connectivity index (χ0v) is 25.0. The van der Waals surface area contributed by atoms with Gasteiger partial charge in [0.15, 0.2) is 5.85 Å². The van der Waals surface area contributed by atoms with Crippen LogP contribution in [-0.4, -0.2) is 49.6 Å². The lowest BCUT2D eigenvalue weighted by Gasteiger charge is -2.26. The van der Waals surface area contributed by atoms with Gasteiger partial charge in [-0.1, -0.05) is 29.8 Å². The third-order valence-electron chi connectivity index (χ3n) is 7.64.